The fourth-order valence-electron chi connectivity index (χ4n) is 2.27. The third-order valence-corrected chi connectivity index (χ3v) is 3.58. The molecule has 0 aromatic heterocycles. The van der Waals surface area contributed by atoms with Crippen LogP contribution in [0.1, 0.15) is 23.6 Å². The number of hydrogen-bond acceptors (Lipinski definition) is 2. The van der Waals surface area contributed by atoms with Crippen molar-refractivity contribution < 1.29 is 0 Å². The van der Waals surface area contributed by atoms with Crippen molar-refractivity contribution in [3.8, 4) is 0 Å². The first-order chi connectivity index (χ1) is 9.11. The van der Waals surface area contributed by atoms with Gasteiger partial charge in [-0.1, -0.05) is 30.3 Å². The molecule has 0 fully saturated rings. The molecule has 0 bridgehead atoms. The molecule has 2 aromatic carbocycles. The molecule has 2 heteroatoms. The van der Waals surface area contributed by atoms with Crippen molar-refractivity contribution in [3.05, 3.63) is 59.2 Å². The van der Waals surface area contributed by atoms with Gasteiger partial charge in [-0.2, -0.15) is 0 Å². The largest absolute Gasteiger partial charge is 0.397 e. The van der Waals surface area contributed by atoms with Crippen molar-refractivity contribution >= 4 is 11.4 Å². The highest BCUT2D eigenvalue weighted by Crippen LogP contribution is 2.28. The van der Waals surface area contributed by atoms with Gasteiger partial charge < -0.3 is 10.6 Å². The van der Waals surface area contributed by atoms with E-state index in [1.165, 1.54) is 16.7 Å². The van der Waals surface area contributed by atoms with Crippen molar-refractivity contribution in [3.63, 3.8) is 0 Å². The smallest absolute Gasteiger partial charge is 0.0605 e. The van der Waals surface area contributed by atoms with Crippen LogP contribution in [0.2, 0.25) is 0 Å². The molecule has 0 saturated carbocycles. The molecule has 0 radical (unpaired) electrons. The number of nitrogen functional groups attached to an aromatic ring is 1. The van der Waals surface area contributed by atoms with Crippen LogP contribution < -0.4 is 10.6 Å². The second-order valence-corrected chi connectivity index (χ2v) is 5.00. The summed E-state index contributed by atoms with van der Waals surface area (Å²) >= 11 is 0. The molecular formula is C17H22N2. The number of hydrogen-bond donors (Lipinski definition) is 1. The zero-order chi connectivity index (χ0) is 13.8. The van der Waals surface area contributed by atoms with Gasteiger partial charge in [0.15, 0.2) is 0 Å². The summed E-state index contributed by atoms with van der Waals surface area (Å²) in [6.45, 7) is 8.24. The SMILES string of the molecule is CCN(Cc1ccccc1)c1cc(C)c(C)cc1N. The van der Waals surface area contributed by atoms with E-state index in [1.807, 2.05) is 6.07 Å². The highest BCUT2D eigenvalue weighted by atomic mass is 15.1. The number of anilines is 2. The van der Waals surface area contributed by atoms with E-state index >= 15 is 0 Å². The number of rotatable bonds is 4. The van der Waals surface area contributed by atoms with Crippen LogP contribution in [-0.2, 0) is 6.54 Å². The van der Waals surface area contributed by atoms with Crippen LogP contribution in [0.25, 0.3) is 0 Å². The Bertz CT molecular complexity index is 547. The molecule has 0 unspecified atom stereocenters. The second kappa shape index (κ2) is 5.79. The number of nitrogens with zero attached hydrogens (tertiary/aromatic N) is 1. The maximum absolute atomic E-state index is 6.18. The van der Waals surface area contributed by atoms with E-state index in [0.717, 1.165) is 24.5 Å². The number of aryl methyl sites for hydroxylation is 2. The van der Waals surface area contributed by atoms with E-state index in [4.69, 9.17) is 5.73 Å². The Balaban J connectivity index is 2.30. The second-order valence-electron chi connectivity index (χ2n) is 5.00. The highest BCUT2D eigenvalue weighted by Gasteiger charge is 2.10. The summed E-state index contributed by atoms with van der Waals surface area (Å²) < 4.78 is 0. The third kappa shape index (κ3) is 3.08. The van der Waals surface area contributed by atoms with Crippen LogP contribution in [0.4, 0.5) is 11.4 Å². The van der Waals surface area contributed by atoms with E-state index in [1.54, 1.807) is 0 Å². The fraction of sp³-hybridized carbons (Fsp3) is 0.294. The van der Waals surface area contributed by atoms with Gasteiger partial charge in [0.2, 0.25) is 0 Å². The van der Waals surface area contributed by atoms with Crippen LogP contribution in [0.3, 0.4) is 0 Å². The minimum Gasteiger partial charge on any atom is -0.397 e. The van der Waals surface area contributed by atoms with Crippen LogP contribution in [-0.4, -0.2) is 6.54 Å². The monoisotopic (exact) mass is 254 g/mol. The van der Waals surface area contributed by atoms with E-state index in [2.05, 4.69) is 62.1 Å². The highest BCUT2D eigenvalue weighted by molar-refractivity contribution is 5.70. The molecule has 0 aliphatic carbocycles. The third-order valence-electron chi connectivity index (χ3n) is 3.58. The first kappa shape index (κ1) is 13.5. The van der Waals surface area contributed by atoms with Crippen molar-refractivity contribution in [2.24, 2.45) is 0 Å². The molecule has 0 aliphatic rings. The molecule has 2 N–H and O–H groups in total. The van der Waals surface area contributed by atoms with E-state index < -0.39 is 0 Å². The Labute approximate surface area is 115 Å². The Morgan fingerprint density at radius 2 is 1.63 bits per heavy atom. The summed E-state index contributed by atoms with van der Waals surface area (Å²) in [4.78, 5) is 2.32. The predicted octanol–water partition coefficient (Wildman–Crippen LogP) is 3.91. The van der Waals surface area contributed by atoms with Gasteiger partial charge in [-0.05, 0) is 49.6 Å². The Kier molecular flexibility index (Phi) is 4.10. The summed E-state index contributed by atoms with van der Waals surface area (Å²) in [6.07, 6.45) is 0. The standard InChI is InChI=1S/C17H22N2/c1-4-19(12-15-8-6-5-7-9-15)17-11-14(3)13(2)10-16(17)18/h5-11H,4,12,18H2,1-3H3. The zero-order valence-electron chi connectivity index (χ0n) is 12.0. The Morgan fingerprint density at radius 3 is 2.26 bits per heavy atom. The first-order valence-corrected chi connectivity index (χ1v) is 6.77. The fourth-order valence-corrected chi connectivity index (χ4v) is 2.27. The maximum Gasteiger partial charge on any atom is 0.0605 e. The summed E-state index contributed by atoms with van der Waals surface area (Å²) in [6, 6.07) is 14.8. The van der Waals surface area contributed by atoms with Crippen LogP contribution in [0, 0.1) is 13.8 Å². The summed E-state index contributed by atoms with van der Waals surface area (Å²) in [5.74, 6) is 0. The van der Waals surface area contributed by atoms with E-state index in [-0.39, 0.29) is 0 Å². The molecule has 2 aromatic rings. The van der Waals surface area contributed by atoms with Gasteiger partial charge in [0.05, 0.1) is 11.4 Å². The molecule has 19 heavy (non-hydrogen) atoms. The van der Waals surface area contributed by atoms with Crippen molar-refractivity contribution in [1.29, 1.82) is 0 Å². The molecule has 0 spiro atoms. The maximum atomic E-state index is 6.18. The molecule has 100 valence electrons. The van der Waals surface area contributed by atoms with Gasteiger partial charge in [0.25, 0.3) is 0 Å². The lowest BCUT2D eigenvalue weighted by Crippen LogP contribution is -2.23. The average molecular weight is 254 g/mol. The molecular weight excluding hydrogens is 232 g/mol. The predicted molar refractivity (Wildman–Crippen MR) is 83.5 cm³/mol. The summed E-state index contributed by atoms with van der Waals surface area (Å²) in [5, 5.41) is 0. The molecule has 0 amide bonds. The Morgan fingerprint density at radius 1 is 1.00 bits per heavy atom. The zero-order valence-corrected chi connectivity index (χ0v) is 12.0. The summed E-state index contributed by atoms with van der Waals surface area (Å²) in [5.41, 5.74) is 12.0. The molecule has 0 aliphatic heterocycles. The van der Waals surface area contributed by atoms with Crippen molar-refractivity contribution in [2.75, 3.05) is 17.2 Å². The molecule has 0 heterocycles. The van der Waals surface area contributed by atoms with Gasteiger partial charge in [-0.3, -0.25) is 0 Å². The van der Waals surface area contributed by atoms with Gasteiger partial charge in [-0.15, -0.1) is 0 Å². The first-order valence-electron chi connectivity index (χ1n) is 6.77. The number of benzene rings is 2. The minimum absolute atomic E-state index is 0.862. The molecule has 2 nitrogen and oxygen atoms in total. The molecule has 0 atom stereocenters. The van der Waals surface area contributed by atoms with Gasteiger partial charge in [-0.25, -0.2) is 0 Å². The van der Waals surface area contributed by atoms with E-state index in [0.29, 0.717) is 0 Å². The minimum atomic E-state index is 0.862. The van der Waals surface area contributed by atoms with Gasteiger partial charge in [0, 0.05) is 13.1 Å². The van der Waals surface area contributed by atoms with Crippen LogP contribution >= 0.6 is 0 Å². The lowest BCUT2D eigenvalue weighted by molar-refractivity contribution is 0.832. The lowest BCUT2D eigenvalue weighted by atomic mass is 10.1. The number of nitrogens with two attached hydrogens (primary N) is 1. The van der Waals surface area contributed by atoms with Crippen LogP contribution in [0.5, 0.6) is 0 Å². The van der Waals surface area contributed by atoms with Gasteiger partial charge >= 0.3 is 0 Å². The Hall–Kier alpha value is -1.96. The normalized spacial score (nSPS) is 10.5. The summed E-state index contributed by atoms with van der Waals surface area (Å²) in [7, 11) is 0. The quantitative estimate of drug-likeness (QED) is 0.838. The lowest BCUT2D eigenvalue weighted by Gasteiger charge is -2.25. The average Bonchev–Trinajstić information content (AvgIpc) is 2.42. The van der Waals surface area contributed by atoms with Crippen molar-refractivity contribution in [2.45, 2.75) is 27.3 Å². The van der Waals surface area contributed by atoms with Gasteiger partial charge in [0.1, 0.15) is 0 Å². The van der Waals surface area contributed by atoms with Crippen molar-refractivity contribution in [1.82, 2.24) is 0 Å². The van der Waals surface area contributed by atoms with E-state index in [9.17, 15) is 0 Å². The molecule has 2 rings (SSSR count). The topological polar surface area (TPSA) is 29.3 Å². The van der Waals surface area contributed by atoms with Crippen LogP contribution in [0.15, 0.2) is 42.5 Å². The molecule has 0 saturated heterocycles.